The van der Waals surface area contributed by atoms with Crippen LogP contribution in [0.5, 0.6) is 0 Å². The average molecular weight is 233 g/mol. The van der Waals surface area contributed by atoms with Gasteiger partial charge in [-0.15, -0.1) is 0 Å². The molecule has 1 unspecified atom stereocenters. The highest BCUT2D eigenvalue weighted by atomic mass is 16.1. The molecule has 94 valence electrons. The lowest BCUT2D eigenvalue weighted by Gasteiger charge is -2.25. The van der Waals surface area contributed by atoms with E-state index < -0.39 is 0 Å². The van der Waals surface area contributed by atoms with Crippen LogP contribution in [-0.4, -0.2) is 25.3 Å². The predicted octanol–water partition coefficient (Wildman–Crippen LogP) is 3.09. The standard InChI is InChI=1S/C15H23NO/c1-11-7-8-12(15(2,3)4)9-13(11)14(10-17)16(5)6/h7-10,14H,1-6H3. The van der Waals surface area contributed by atoms with Gasteiger partial charge in [-0.3, -0.25) is 4.90 Å². The van der Waals surface area contributed by atoms with Gasteiger partial charge in [-0.1, -0.05) is 39.0 Å². The van der Waals surface area contributed by atoms with E-state index in [0.717, 1.165) is 11.8 Å². The minimum atomic E-state index is -0.155. The van der Waals surface area contributed by atoms with E-state index in [-0.39, 0.29) is 11.5 Å². The molecule has 0 aliphatic rings. The monoisotopic (exact) mass is 233 g/mol. The Morgan fingerprint density at radius 3 is 2.24 bits per heavy atom. The van der Waals surface area contributed by atoms with Gasteiger partial charge >= 0.3 is 0 Å². The van der Waals surface area contributed by atoms with Crippen molar-refractivity contribution in [2.75, 3.05) is 14.1 Å². The van der Waals surface area contributed by atoms with Crippen LogP contribution in [0.4, 0.5) is 0 Å². The van der Waals surface area contributed by atoms with Crippen molar-refractivity contribution < 1.29 is 4.79 Å². The van der Waals surface area contributed by atoms with Gasteiger partial charge in [0.2, 0.25) is 0 Å². The third-order valence-corrected chi connectivity index (χ3v) is 3.15. The predicted molar refractivity (Wildman–Crippen MR) is 72.4 cm³/mol. The third-order valence-electron chi connectivity index (χ3n) is 3.15. The zero-order valence-electron chi connectivity index (χ0n) is 11.7. The van der Waals surface area contributed by atoms with Crippen LogP contribution in [-0.2, 0) is 10.2 Å². The molecule has 0 heterocycles. The van der Waals surface area contributed by atoms with Crippen molar-refractivity contribution in [1.82, 2.24) is 4.90 Å². The fourth-order valence-corrected chi connectivity index (χ4v) is 1.90. The van der Waals surface area contributed by atoms with Crippen molar-refractivity contribution in [3.63, 3.8) is 0 Å². The van der Waals surface area contributed by atoms with Crippen molar-refractivity contribution in [3.05, 3.63) is 34.9 Å². The van der Waals surface area contributed by atoms with E-state index in [9.17, 15) is 4.79 Å². The van der Waals surface area contributed by atoms with Crippen LogP contribution in [0.3, 0.4) is 0 Å². The van der Waals surface area contributed by atoms with Gasteiger partial charge in [0.15, 0.2) is 0 Å². The lowest BCUT2D eigenvalue weighted by atomic mass is 9.84. The second-order valence-corrected chi connectivity index (χ2v) is 5.87. The van der Waals surface area contributed by atoms with Gasteiger partial charge in [0.05, 0.1) is 6.04 Å². The topological polar surface area (TPSA) is 20.3 Å². The van der Waals surface area contributed by atoms with E-state index in [4.69, 9.17) is 0 Å². The first-order valence-electron chi connectivity index (χ1n) is 6.00. The molecule has 1 aromatic carbocycles. The van der Waals surface area contributed by atoms with E-state index in [1.807, 2.05) is 19.0 Å². The maximum absolute atomic E-state index is 11.2. The van der Waals surface area contributed by atoms with Crippen LogP contribution in [0.15, 0.2) is 18.2 Å². The summed E-state index contributed by atoms with van der Waals surface area (Å²) in [6, 6.07) is 6.26. The van der Waals surface area contributed by atoms with E-state index in [1.54, 1.807) is 0 Å². The number of likely N-dealkylation sites (N-methyl/N-ethyl adjacent to an activating group) is 1. The van der Waals surface area contributed by atoms with Crippen LogP contribution >= 0.6 is 0 Å². The zero-order chi connectivity index (χ0) is 13.2. The number of carbonyl (C=O) groups excluding carboxylic acids is 1. The summed E-state index contributed by atoms with van der Waals surface area (Å²) in [7, 11) is 3.87. The molecule has 0 radical (unpaired) electrons. The second kappa shape index (κ2) is 5.01. The number of benzene rings is 1. The first-order chi connectivity index (χ1) is 7.77. The largest absolute Gasteiger partial charge is 0.301 e. The van der Waals surface area contributed by atoms with Crippen molar-refractivity contribution in [2.45, 2.75) is 39.2 Å². The smallest absolute Gasteiger partial charge is 0.141 e. The second-order valence-electron chi connectivity index (χ2n) is 5.87. The molecule has 1 rings (SSSR count). The highest BCUT2D eigenvalue weighted by Crippen LogP contribution is 2.28. The van der Waals surface area contributed by atoms with E-state index in [2.05, 4.69) is 45.9 Å². The van der Waals surface area contributed by atoms with Gasteiger partial charge in [0.1, 0.15) is 6.29 Å². The average Bonchev–Trinajstić information content (AvgIpc) is 2.19. The Hall–Kier alpha value is -1.15. The van der Waals surface area contributed by atoms with Gasteiger partial charge in [0, 0.05) is 0 Å². The molecule has 0 saturated carbocycles. The molecule has 0 N–H and O–H groups in total. The Morgan fingerprint density at radius 1 is 1.24 bits per heavy atom. The Labute approximate surface area is 105 Å². The molecular weight excluding hydrogens is 210 g/mol. The molecule has 0 aliphatic carbocycles. The number of hydrogen-bond donors (Lipinski definition) is 0. The van der Waals surface area contributed by atoms with Crippen molar-refractivity contribution in [3.8, 4) is 0 Å². The SMILES string of the molecule is Cc1ccc(C(C)(C)C)cc1C(C=O)N(C)C. The van der Waals surface area contributed by atoms with Gasteiger partial charge in [-0.05, 0) is 43.1 Å². The Balaban J connectivity index is 3.27. The van der Waals surface area contributed by atoms with Crippen molar-refractivity contribution in [1.29, 1.82) is 0 Å². The molecule has 0 fully saturated rings. The van der Waals surface area contributed by atoms with Gasteiger partial charge in [-0.25, -0.2) is 0 Å². The molecule has 0 saturated heterocycles. The summed E-state index contributed by atoms with van der Waals surface area (Å²) in [5, 5.41) is 0. The lowest BCUT2D eigenvalue weighted by molar-refractivity contribution is -0.111. The molecule has 0 amide bonds. The number of carbonyl (C=O) groups is 1. The minimum absolute atomic E-state index is 0.113. The molecule has 1 aromatic rings. The molecule has 0 aromatic heterocycles. The quantitative estimate of drug-likeness (QED) is 0.748. The van der Waals surface area contributed by atoms with Gasteiger partial charge < -0.3 is 4.79 Å². The summed E-state index contributed by atoms with van der Waals surface area (Å²) in [5.41, 5.74) is 3.66. The molecule has 0 aliphatic heterocycles. The van der Waals surface area contributed by atoms with Crippen LogP contribution in [0.25, 0.3) is 0 Å². The molecular formula is C15H23NO. The number of aryl methyl sites for hydroxylation is 1. The number of aldehydes is 1. The van der Waals surface area contributed by atoms with Gasteiger partial charge in [-0.2, -0.15) is 0 Å². The van der Waals surface area contributed by atoms with Crippen LogP contribution in [0.1, 0.15) is 43.5 Å². The molecule has 1 atom stereocenters. The summed E-state index contributed by atoms with van der Waals surface area (Å²) in [5.74, 6) is 0. The first-order valence-corrected chi connectivity index (χ1v) is 6.00. The summed E-state index contributed by atoms with van der Waals surface area (Å²) in [6.07, 6.45) is 1.01. The normalized spacial score (nSPS) is 13.8. The number of hydrogen-bond acceptors (Lipinski definition) is 2. The molecule has 2 nitrogen and oxygen atoms in total. The number of rotatable bonds is 3. The van der Waals surface area contributed by atoms with Crippen LogP contribution in [0, 0.1) is 6.92 Å². The van der Waals surface area contributed by atoms with Gasteiger partial charge in [0.25, 0.3) is 0 Å². The van der Waals surface area contributed by atoms with Crippen LogP contribution < -0.4 is 0 Å². The van der Waals surface area contributed by atoms with Crippen molar-refractivity contribution in [2.24, 2.45) is 0 Å². The molecule has 17 heavy (non-hydrogen) atoms. The highest BCUT2D eigenvalue weighted by Gasteiger charge is 2.19. The van der Waals surface area contributed by atoms with Crippen molar-refractivity contribution >= 4 is 6.29 Å². The maximum Gasteiger partial charge on any atom is 0.141 e. The third kappa shape index (κ3) is 3.16. The number of nitrogens with zero attached hydrogens (tertiary/aromatic N) is 1. The molecule has 0 bridgehead atoms. The summed E-state index contributed by atoms with van der Waals surface area (Å²) in [4.78, 5) is 13.2. The summed E-state index contributed by atoms with van der Waals surface area (Å²) < 4.78 is 0. The van der Waals surface area contributed by atoms with Crippen LogP contribution in [0.2, 0.25) is 0 Å². The summed E-state index contributed by atoms with van der Waals surface area (Å²) >= 11 is 0. The molecule has 2 heteroatoms. The fraction of sp³-hybridized carbons (Fsp3) is 0.533. The van der Waals surface area contributed by atoms with E-state index in [0.29, 0.717) is 0 Å². The van der Waals surface area contributed by atoms with E-state index in [1.165, 1.54) is 11.1 Å². The highest BCUT2D eigenvalue weighted by molar-refractivity contribution is 5.63. The fourth-order valence-electron chi connectivity index (χ4n) is 1.90. The van der Waals surface area contributed by atoms with E-state index >= 15 is 0 Å². The lowest BCUT2D eigenvalue weighted by Crippen LogP contribution is -2.23. The Bertz CT molecular complexity index is 402. The minimum Gasteiger partial charge on any atom is -0.301 e. The molecule has 0 spiro atoms. The Morgan fingerprint density at radius 2 is 1.82 bits per heavy atom. The summed E-state index contributed by atoms with van der Waals surface area (Å²) in [6.45, 7) is 8.62. The zero-order valence-corrected chi connectivity index (χ0v) is 11.7. The Kier molecular flexibility index (Phi) is 4.10. The first kappa shape index (κ1) is 13.9. The maximum atomic E-state index is 11.2.